The molecule has 0 amide bonds. The van der Waals surface area contributed by atoms with Gasteiger partial charge in [0.15, 0.2) is 0 Å². The molecule has 2 aliphatic rings. The van der Waals surface area contributed by atoms with E-state index in [-0.39, 0.29) is 12.2 Å². The van der Waals surface area contributed by atoms with Crippen LogP contribution in [0.2, 0.25) is 0 Å². The van der Waals surface area contributed by atoms with Crippen LogP contribution < -0.4 is 4.74 Å². The standard InChI is InChI=1S/C21H26N2O3/c1-24-18-7-5-16(6-8-18)14-23-12-13-25-21-19(23)9-10-20(21)26-15-17-4-2-3-11-22-17/h2-8,11,19-21H,9-10,12-15H2,1H3/t19-,20+,21+/m0/s1. The third kappa shape index (κ3) is 3.90. The zero-order valence-electron chi connectivity index (χ0n) is 15.2. The Balaban J connectivity index is 1.36. The van der Waals surface area contributed by atoms with Gasteiger partial charge in [0, 0.05) is 25.3 Å². The van der Waals surface area contributed by atoms with E-state index in [1.54, 1.807) is 7.11 Å². The summed E-state index contributed by atoms with van der Waals surface area (Å²) in [6.07, 6.45) is 4.28. The summed E-state index contributed by atoms with van der Waals surface area (Å²) in [6, 6.07) is 14.7. The lowest BCUT2D eigenvalue weighted by molar-refractivity contribution is -0.119. The number of rotatable bonds is 6. The Labute approximate surface area is 154 Å². The van der Waals surface area contributed by atoms with Crippen molar-refractivity contribution in [2.45, 2.75) is 44.2 Å². The number of benzene rings is 1. The summed E-state index contributed by atoms with van der Waals surface area (Å²) in [7, 11) is 1.70. The molecule has 5 nitrogen and oxygen atoms in total. The zero-order chi connectivity index (χ0) is 17.8. The van der Waals surface area contributed by atoms with Gasteiger partial charge in [0.1, 0.15) is 5.75 Å². The van der Waals surface area contributed by atoms with Gasteiger partial charge in [-0.25, -0.2) is 0 Å². The van der Waals surface area contributed by atoms with Gasteiger partial charge in [0.05, 0.1) is 38.2 Å². The Morgan fingerprint density at radius 3 is 2.81 bits per heavy atom. The van der Waals surface area contributed by atoms with Crippen molar-refractivity contribution < 1.29 is 14.2 Å². The first-order valence-corrected chi connectivity index (χ1v) is 9.33. The first-order chi connectivity index (χ1) is 12.8. The predicted octanol–water partition coefficient (Wildman–Crippen LogP) is 3.04. The molecule has 26 heavy (non-hydrogen) atoms. The van der Waals surface area contributed by atoms with Gasteiger partial charge < -0.3 is 14.2 Å². The van der Waals surface area contributed by atoms with E-state index < -0.39 is 0 Å². The maximum absolute atomic E-state index is 6.16. The minimum absolute atomic E-state index is 0.153. The molecule has 0 bridgehead atoms. The van der Waals surface area contributed by atoms with E-state index >= 15 is 0 Å². The molecule has 1 saturated carbocycles. The van der Waals surface area contributed by atoms with E-state index in [1.807, 2.05) is 36.5 Å². The molecule has 0 spiro atoms. The smallest absolute Gasteiger partial charge is 0.118 e. The molecular formula is C21H26N2O3. The summed E-state index contributed by atoms with van der Waals surface area (Å²) in [6.45, 7) is 3.24. The second kappa shape index (κ2) is 8.16. The molecule has 0 N–H and O–H groups in total. The fourth-order valence-corrected chi connectivity index (χ4v) is 4.01. The van der Waals surface area contributed by atoms with Gasteiger partial charge in [-0.3, -0.25) is 9.88 Å². The number of ether oxygens (including phenoxy) is 3. The Hall–Kier alpha value is -1.95. The number of hydrogen-bond acceptors (Lipinski definition) is 5. The Bertz CT molecular complexity index is 692. The molecule has 2 fully saturated rings. The predicted molar refractivity (Wildman–Crippen MR) is 99.0 cm³/mol. The molecule has 2 heterocycles. The van der Waals surface area contributed by atoms with Gasteiger partial charge in [-0.05, 0) is 42.7 Å². The summed E-state index contributed by atoms with van der Waals surface area (Å²) in [5, 5.41) is 0. The highest BCUT2D eigenvalue weighted by atomic mass is 16.5. The van der Waals surface area contributed by atoms with Gasteiger partial charge >= 0.3 is 0 Å². The van der Waals surface area contributed by atoms with E-state index in [0.29, 0.717) is 12.6 Å². The van der Waals surface area contributed by atoms with Crippen molar-refractivity contribution in [1.82, 2.24) is 9.88 Å². The lowest BCUT2D eigenvalue weighted by Crippen LogP contribution is -2.51. The average Bonchev–Trinajstić information content (AvgIpc) is 3.12. The van der Waals surface area contributed by atoms with Crippen molar-refractivity contribution in [2.75, 3.05) is 20.3 Å². The van der Waals surface area contributed by atoms with Crippen LogP contribution in [0.15, 0.2) is 48.7 Å². The molecule has 0 unspecified atom stereocenters. The number of nitrogens with zero attached hydrogens (tertiary/aromatic N) is 2. The van der Waals surface area contributed by atoms with Crippen LogP contribution in [-0.4, -0.2) is 48.4 Å². The van der Waals surface area contributed by atoms with E-state index in [9.17, 15) is 0 Å². The van der Waals surface area contributed by atoms with Crippen LogP contribution in [0.5, 0.6) is 5.75 Å². The summed E-state index contributed by atoms with van der Waals surface area (Å²) < 4.78 is 17.5. The van der Waals surface area contributed by atoms with Gasteiger partial charge in [-0.2, -0.15) is 0 Å². The molecule has 1 saturated heterocycles. The maximum atomic E-state index is 6.16. The van der Waals surface area contributed by atoms with Gasteiger partial charge in [-0.1, -0.05) is 18.2 Å². The van der Waals surface area contributed by atoms with Gasteiger partial charge in [-0.15, -0.1) is 0 Å². The van der Waals surface area contributed by atoms with Crippen molar-refractivity contribution in [2.24, 2.45) is 0 Å². The normalized spacial score (nSPS) is 25.8. The van der Waals surface area contributed by atoms with Crippen molar-refractivity contribution in [3.63, 3.8) is 0 Å². The summed E-state index contributed by atoms with van der Waals surface area (Å²) in [5.41, 5.74) is 2.28. The van der Waals surface area contributed by atoms with Crippen molar-refractivity contribution in [3.05, 3.63) is 59.9 Å². The minimum Gasteiger partial charge on any atom is -0.497 e. The third-order valence-corrected chi connectivity index (χ3v) is 5.37. The first-order valence-electron chi connectivity index (χ1n) is 9.33. The van der Waals surface area contributed by atoms with E-state index in [4.69, 9.17) is 14.2 Å². The highest BCUT2D eigenvalue weighted by Crippen LogP contribution is 2.33. The molecule has 1 aliphatic heterocycles. The number of fused-ring (bicyclic) bond motifs is 1. The molecule has 1 aromatic heterocycles. The summed E-state index contributed by atoms with van der Waals surface area (Å²) >= 11 is 0. The number of pyridine rings is 1. The summed E-state index contributed by atoms with van der Waals surface area (Å²) in [5.74, 6) is 0.900. The maximum Gasteiger partial charge on any atom is 0.118 e. The van der Waals surface area contributed by atoms with Gasteiger partial charge in [0.25, 0.3) is 0 Å². The van der Waals surface area contributed by atoms with E-state index in [1.165, 1.54) is 5.56 Å². The van der Waals surface area contributed by atoms with Gasteiger partial charge in [0.2, 0.25) is 0 Å². The third-order valence-electron chi connectivity index (χ3n) is 5.37. The molecule has 0 radical (unpaired) electrons. The fraction of sp³-hybridized carbons (Fsp3) is 0.476. The summed E-state index contributed by atoms with van der Waals surface area (Å²) in [4.78, 5) is 6.88. The van der Waals surface area contributed by atoms with Crippen LogP contribution in [0.25, 0.3) is 0 Å². The molecule has 5 heteroatoms. The van der Waals surface area contributed by atoms with Crippen LogP contribution in [0.4, 0.5) is 0 Å². The second-order valence-corrected chi connectivity index (χ2v) is 6.97. The van der Waals surface area contributed by atoms with E-state index in [2.05, 4.69) is 22.0 Å². The molecule has 2 aromatic rings. The van der Waals surface area contributed by atoms with Crippen LogP contribution in [0.1, 0.15) is 24.1 Å². The molecular weight excluding hydrogens is 328 g/mol. The number of morpholine rings is 1. The zero-order valence-corrected chi connectivity index (χ0v) is 15.2. The van der Waals surface area contributed by atoms with Crippen LogP contribution >= 0.6 is 0 Å². The Kier molecular flexibility index (Phi) is 5.48. The largest absolute Gasteiger partial charge is 0.497 e. The SMILES string of the molecule is COc1ccc(CN2CCO[C@H]3[C@H](OCc4ccccn4)CC[C@@H]32)cc1. The van der Waals surface area contributed by atoms with Crippen LogP contribution in [0, 0.1) is 0 Å². The quantitative estimate of drug-likeness (QED) is 0.798. The van der Waals surface area contributed by atoms with Crippen molar-refractivity contribution in [3.8, 4) is 5.75 Å². The number of aromatic nitrogens is 1. The lowest BCUT2D eigenvalue weighted by atomic mass is 10.1. The van der Waals surface area contributed by atoms with E-state index in [0.717, 1.165) is 44.0 Å². The topological polar surface area (TPSA) is 43.8 Å². The molecule has 1 aliphatic carbocycles. The Morgan fingerprint density at radius 2 is 2.04 bits per heavy atom. The molecule has 1 aromatic carbocycles. The highest BCUT2D eigenvalue weighted by molar-refractivity contribution is 5.27. The molecule has 4 rings (SSSR count). The number of hydrogen-bond donors (Lipinski definition) is 0. The highest BCUT2D eigenvalue weighted by Gasteiger charge is 2.43. The average molecular weight is 354 g/mol. The first kappa shape index (κ1) is 17.5. The minimum atomic E-state index is 0.153. The molecule has 3 atom stereocenters. The van der Waals surface area contributed by atoms with Crippen molar-refractivity contribution in [1.29, 1.82) is 0 Å². The second-order valence-electron chi connectivity index (χ2n) is 6.97. The fourth-order valence-electron chi connectivity index (χ4n) is 4.01. The van der Waals surface area contributed by atoms with Crippen LogP contribution in [0.3, 0.4) is 0 Å². The molecule has 138 valence electrons. The monoisotopic (exact) mass is 354 g/mol. The van der Waals surface area contributed by atoms with Crippen LogP contribution in [-0.2, 0) is 22.6 Å². The Morgan fingerprint density at radius 1 is 1.15 bits per heavy atom. The van der Waals surface area contributed by atoms with Crippen molar-refractivity contribution >= 4 is 0 Å². The lowest BCUT2D eigenvalue weighted by Gasteiger charge is -2.39. The number of methoxy groups -OCH3 is 1.